The van der Waals surface area contributed by atoms with Crippen molar-refractivity contribution >= 4 is 6.08 Å². The fourth-order valence-electron chi connectivity index (χ4n) is 7.74. The largest absolute Gasteiger partial charge is 0.457 e. The molecule has 0 bridgehead atoms. The maximum atomic E-state index is 6.54. The molecule has 1 N–H and O–H groups in total. The lowest BCUT2D eigenvalue weighted by atomic mass is 9.77. The van der Waals surface area contributed by atoms with Gasteiger partial charge in [-0.1, -0.05) is 140 Å². The van der Waals surface area contributed by atoms with Crippen LogP contribution < -0.4 is 10.1 Å². The highest BCUT2D eigenvalue weighted by Crippen LogP contribution is 2.50. The first-order valence-corrected chi connectivity index (χ1v) is 18.2. The van der Waals surface area contributed by atoms with Gasteiger partial charge in [-0.25, -0.2) is 15.0 Å². The highest BCUT2D eigenvalue weighted by molar-refractivity contribution is 5.80. The molecule has 5 nitrogen and oxygen atoms in total. The van der Waals surface area contributed by atoms with Crippen LogP contribution in [-0.4, -0.2) is 15.0 Å². The number of aromatic nitrogens is 3. The minimum absolute atomic E-state index is 0.357. The molecule has 54 heavy (non-hydrogen) atoms. The second-order valence-corrected chi connectivity index (χ2v) is 13.9. The van der Waals surface area contributed by atoms with Gasteiger partial charge in [-0.05, 0) is 88.5 Å². The van der Waals surface area contributed by atoms with E-state index in [0.717, 1.165) is 67.1 Å². The second-order valence-electron chi connectivity index (χ2n) is 13.9. The maximum absolute atomic E-state index is 6.54. The Labute approximate surface area is 314 Å². The quantitative estimate of drug-likeness (QED) is 0.188. The first-order valence-electron chi connectivity index (χ1n) is 18.2. The number of rotatable bonds is 6. The van der Waals surface area contributed by atoms with Gasteiger partial charge in [-0.2, -0.15) is 0 Å². The van der Waals surface area contributed by atoms with Gasteiger partial charge in [0.1, 0.15) is 11.5 Å². The summed E-state index contributed by atoms with van der Waals surface area (Å²) < 4.78 is 6.54. The predicted octanol–water partition coefficient (Wildman–Crippen LogP) is 11.8. The molecule has 0 aliphatic carbocycles. The number of benzene rings is 7. The Kier molecular flexibility index (Phi) is 7.51. The number of nitrogens with zero attached hydrogens (tertiary/aromatic N) is 3. The molecular weight excluding hydrogens is 661 g/mol. The van der Waals surface area contributed by atoms with Gasteiger partial charge in [-0.3, -0.25) is 0 Å². The molecule has 0 spiro atoms. The molecule has 1 atom stereocenters. The highest BCUT2D eigenvalue weighted by atomic mass is 16.5. The average Bonchev–Trinajstić information content (AvgIpc) is 3.24. The van der Waals surface area contributed by atoms with Crippen LogP contribution in [0.4, 0.5) is 0 Å². The van der Waals surface area contributed by atoms with Crippen molar-refractivity contribution in [3.63, 3.8) is 0 Å². The molecule has 0 amide bonds. The lowest BCUT2D eigenvalue weighted by Gasteiger charge is -2.40. The zero-order valence-corrected chi connectivity index (χ0v) is 29.6. The molecule has 1 aromatic heterocycles. The van der Waals surface area contributed by atoms with Gasteiger partial charge < -0.3 is 10.1 Å². The smallest absolute Gasteiger partial charge is 0.164 e. The summed E-state index contributed by atoms with van der Waals surface area (Å²) in [5.41, 5.74) is 12.7. The Bertz CT molecular complexity index is 2680. The average molecular weight is 695 g/mol. The lowest BCUT2D eigenvalue weighted by Crippen LogP contribution is -2.42. The molecule has 0 saturated carbocycles. The molecule has 256 valence electrons. The van der Waals surface area contributed by atoms with Crippen LogP contribution in [0.3, 0.4) is 0 Å². The van der Waals surface area contributed by atoms with Crippen LogP contribution in [0.25, 0.3) is 73.6 Å². The summed E-state index contributed by atoms with van der Waals surface area (Å²) in [5, 5.41) is 3.62. The van der Waals surface area contributed by atoms with Gasteiger partial charge in [0.15, 0.2) is 17.5 Å². The summed E-state index contributed by atoms with van der Waals surface area (Å²) in [5.74, 6) is 3.70. The standard InChI is InChI=1S/C49H34N4O/c1-49-42-25-24-40(31-44(42)54-43-23-11-16-32(45(43)49)26-27-50-49)38-20-9-18-36(29-38)35-17-8-19-37(28-35)39-21-10-22-41(30-39)48-52-46(33-12-4-2-5-13-33)51-47(53-48)34-14-6-3-7-15-34/h2-31,50H,1H3. The van der Waals surface area contributed by atoms with Gasteiger partial charge in [0.25, 0.3) is 0 Å². The zero-order valence-electron chi connectivity index (χ0n) is 29.6. The number of fused-ring (bicyclic) bond motifs is 2. The lowest BCUT2D eigenvalue weighted by molar-refractivity contribution is 0.382. The number of hydrogen-bond donors (Lipinski definition) is 1. The van der Waals surface area contributed by atoms with Crippen LogP contribution in [0.15, 0.2) is 176 Å². The van der Waals surface area contributed by atoms with Crippen LogP contribution in [0.1, 0.15) is 23.6 Å². The fourth-order valence-corrected chi connectivity index (χ4v) is 7.74. The molecule has 7 aromatic carbocycles. The molecule has 3 heterocycles. The minimum atomic E-state index is -0.357. The molecule has 8 aromatic rings. The van der Waals surface area contributed by atoms with Crippen molar-refractivity contribution in [3.8, 4) is 79.0 Å². The molecule has 0 saturated heterocycles. The molecule has 2 aliphatic heterocycles. The van der Waals surface area contributed by atoms with Crippen molar-refractivity contribution in [1.29, 1.82) is 0 Å². The van der Waals surface area contributed by atoms with E-state index in [9.17, 15) is 0 Å². The van der Waals surface area contributed by atoms with E-state index >= 15 is 0 Å². The maximum Gasteiger partial charge on any atom is 0.164 e. The van der Waals surface area contributed by atoms with Gasteiger partial charge in [0.2, 0.25) is 0 Å². The Morgan fingerprint density at radius 3 is 1.46 bits per heavy atom. The van der Waals surface area contributed by atoms with Crippen LogP contribution >= 0.6 is 0 Å². The summed E-state index contributed by atoms with van der Waals surface area (Å²) in [6.45, 7) is 2.23. The molecule has 0 fully saturated rings. The van der Waals surface area contributed by atoms with E-state index in [4.69, 9.17) is 19.7 Å². The van der Waals surface area contributed by atoms with E-state index in [1.54, 1.807) is 0 Å². The van der Waals surface area contributed by atoms with Gasteiger partial charge >= 0.3 is 0 Å². The molecule has 2 aliphatic rings. The van der Waals surface area contributed by atoms with Crippen LogP contribution in [0, 0.1) is 0 Å². The second kappa shape index (κ2) is 12.8. The Hall–Kier alpha value is -7.11. The van der Waals surface area contributed by atoms with Crippen molar-refractivity contribution < 1.29 is 4.74 Å². The molecule has 10 rings (SSSR count). The van der Waals surface area contributed by atoms with E-state index in [-0.39, 0.29) is 5.54 Å². The summed E-state index contributed by atoms with van der Waals surface area (Å²) in [6.07, 6.45) is 4.15. The van der Waals surface area contributed by atoms with E-state index in [0.29, 0.717) is 17.5 Å². The van der Waals surface area contributed by atoms with Gasteiger partial charge in [-0.15, -0.1) is 0 Å². The molecule has 0 radical (unpaired) electrons. The monoisotopic (exact) mass is 694 g/mol. The third-order valence-corrected chi connectivity index (χ3v) is 10.5. The van der Waals surface area contributed by atoms with Crippen LogP contribution in [0.2, 0.25) is 0 Å². The first kappa shape index (κ1) is 31.6. The summed E-state index contributed by atoms with van der Waals surface area (Å²) >= 11 is 0. The Balaban J connectivity index is 0.980. The van der Waals surface area contributed by atoms with Crippen molar-refractivity contribution in [1.82, 2.24) is 20.3 Å². The van der Waals surface area contributed by atoms with Crippen molar-refractivity contribution in [2.75, 3.05) is 0 Å². The summed E-state index contributed by atoms with van der Waals surface area (Å²) in [6, 6.07) is 58.9. The summed E-state index contributed by atoms with van der Waals surface area (Å²) in [7, 11) is 0. The number of ether oxygens (including phenoxy) is 1. The molecular formula is C49H34N4O. The van der Waals surface area contributed by atoms with E-state index in [2.05, 4.69) is 128 Å². The number of nitrogens with one attached hydrogen (secondary N) is 1. The summed E-state index contributed by atoms with van der Waals surface area (Å²) in [4.78, 5) is 14.8. The third-order valence-electron chi connectivity index (χ3n) is 10.5. The topological polar surface area (TPSA) is 59.9 Å². The fraction of sp³-hybridized carbons (Fsp3) is 0.0408. The number of hydrogen-bond acceptors (Lipinski definition) is 5. The third kappa shape index (κ3) is 5.54. The first-order chi connectivity index (χ1) is 26.6. The zero-order chi connectivity index (χ0) is 36.1. The van der Waals surface area contributed by atoms with Gasteiger partial charge in [0.05, 0.1) is 5.54 Å². The van der Waals surface area contributed by atoms with Crippen molar-refractivity contribution in [3.05, 3.63) is 193 Å². The van der Waals surface area contributed by atoms with E-state index in [1.165, 1.54) is 11.1 Å². The SMILES string of the molecule is CC12NC=Cc3cccc(c31)Oc1cc(-c3cccc(-c4cccc(-c5cccc(-c6nc(-c7ccccc7)nc(-c7ccccc7)n6)c5)c4)c3)ccc12. The minimum Gasteiger partial charge on any atom is -0.457 e. The van der Waals surface area contributed by atoms with Crippen molar-refractivity contribution in [2.24, 2.45) is 0 Å². The molecule has 1 unspecified atom stereocenters. The normalized spacial score (nSPS) is 15.1. The highest BCUT2D eigenvalue weighted by Gasteiger charge is 2.40. The Morgan fingerprint density at radius 2 is 0.889 bits per heavy atom. The van der Waals surface area contributed by atoms with Gasteiger partial charge in [0, 0.05) is 27.8 Å². The molecule has 5 heteroatoms. The van der Waals surface area contributed by atoms with Crippen LogP contribution in [-0.2, 0) is 5.54 Å². The predicted molar refractivity (Wildman–Crippen MR) is 218 cm³/mol. The van der Waals surface area contributed by atoms with Crippen molar-refractivity contribution in [2.45, 2.75) is 12.5 Å². The van der Waals surface area contributed by atoms with Crippen LogP contribution in [0.5, 0.6) is 11.5 Å². The van der Waals surface area contributed by atoms with E-state index in [1.807, 2.05) is 66.9 Å². The van der Waals surface area contributed by atoms with E-state index < -0.39 is 0 Å². The Morgan fingerprint density at radius 1 is 0.426 bits per heavy atom.